The van der Waals surface area contributed by atoms with Gasteiger partial charge in [0.1, 0.15) is 5.82 Å². The summed E-state index contributed by atoms with van der Waals surface area (Å²) in [5.74, 6) is 0.130. The Morgan fingerprint density at radius 3 is 2.52 bits per heavy atom. The molecule has 5 nitrogen and oxygen atoms in total. The van der Waals surface area contributed by atoms with Crippen molar-refractivity contribution in [3.63, 3.8) is 0 Å². The van der Waals surface area contributed by atoms with Crippen LogP contribution in [0.4, 0.5) is 4.39 Å². The lowest BCUT2D eigenvalue weighted by Gasteiger charge is -2.31. The molecule has 1 aromatic rings. The van der Waals surface area contributed by atoms with E-state index in [1.165, 1.54) is 23.9 Å². The molecule has 0 spiro atoms. The number of hydrogen-bond acceptors (Lipinski definition) is 4. The van der Waals surface area contributed by atoms with Crippen molar-refractivity contribution in [2.24, 2.45) is 5.73 Å². The van der Waals surface area contributed by atoms with Crippen molar-refractivity contribution < 1.29 is 14.0 Å². The fourth-order valence-corrected chi connectivity index (χ4v) is 3.40. The van der Waals surface area contributed by atoms with E-state index in [4.69, 9.17) is 5.73 Å². The number of nitrogens with one attached hydrogen (secondary N) is 1. The largest absolute Gasteiger partial charge is 0.369 e. The molecule has 0 unspecified atom stereocenters. The van der Waals surface area contributed by atoms with E-state index >= 15 is 0 Å². The first kappa shape index (κ1) is 17.7. The van der Waals surface area contributed by atoms with Crippen molar-refractivity contribution in [2.75, 3.05) is 25.4 Å². The van der Waals surface area contributed by atoms with Gasteiger partial charge in [-0.05, 0) is 37.1 Å². The Morgan fingerprint density at radius 1 is 1.26 bits per heavy atom. The summed E-state index contributed by atoms with van der Waals surface area (Å²) in [6.07, 6.45) is 2.11. The molecule has 126 valence electrons. The first-order chi connectivity index (χ1) is 11.0. The molecule has 1 aromatic carbocycles. The molecule has 1 fully saturated rings. The van der Waals surface area contributed by atoms with Gasteiger partial charge in [0.25, 0.3) is 0 Å². The smallest absolute Gasteiger partial charge is 0.231 e. The minimum Gasteiger partial charge on any atom is -0.369 e. The lowest BCUT2D eigenvalue weighted by atomic mass is 10.0. The van der Waals surface area contributed by atoms with Crippen LogP contribution in [0.25, 0.3) is 0 Å². The molecule has 0 aromatic heterocycles. The Bertz CT molecular complexity index is 531. The third-order valence-electron chi connectivity index (χ3n) is 3.74. The number of likely N-dealkylation sites (tertiary alicyclic amines) is 1. The molecule has 0 radical (unpaired) electrons. The number of nitrogens with zero attached hydrogens (tertiary/aromatic N) is 1. The Hall–Kier alpha value is -1.60. The number of nitrogens with two attached hydrogens (primary N) is 1. The van der Waals surface area contributed by atoms with E-state index < -0.39 is 0 Å². The van der Waals surface area contributed by atoms with Crippen molar-refractivity contribution >= 4 is 23.6 Å². The number of carbonyl (C=O) groups excluding carboxylic acids is 2. The molecular formula is C16H22FN3O2S. The number of thioether (sulfide) groups is 1. The Labute approximate surface area is 139 Å². The molecule has 23 heavy (non-hydrogen) atoms. The average molecular weight is 339 g/mol. The number of piperidine rings is 1. The number of amides is 2. The predicted molar refractivity (Wildman–Crippen MR) is 88.5 cm³/mol. The minimum absolute atomic E-state index is 0.0352. The Balaban J connectivity index is 1.62. The molecule has 2 amide bonds. The quantitative estimate of drug-likeness (QED) is 0.736. The van der Waals surface area contributed by atoms with Crippen LogP contribution < -0.4 is 11.1 Å². The van der Waals surface area contributed by atoms with Gasteiger partial charge in [-0.3, -0.25) is 14.5 Å². The fourth-order valence-electron chi connectivity index (χ4n) is 2.55. The fraction of sp³-hybridized carbons (Fsp3) is 0.500. The van der Waals surface area contributed by atoms with Gasteiger partial charge in [0.15, 0.2) is 0 Å². The maximum Gasteiger partial charge on any atom is 0.231 e. The molecule has 1 heterocycles. The molecule has 3 N–H and O–H groups in total. The summed E-state index contributed by atoms with van der Waals surface area (Å²) in [5.41, 5.74) is 5.18. The van der Waals surface area contributed by atoms with Gasteiger partial charge in [-0.15, -0.1) is 11.8 Å². The molecule has 2 rings (SSSR count). The molecule has 0 atom stereocenters. The summed E-state index contributed by atoms with van der Waals surface area (Å²) in [6.45, 7) is 1.84. The number of halogens is 1. The van der Waals surface area contributed by atoms with E-state index in [9.17, 15) is 14.0 Å². The van der Waals surface area contributed by atoms with Crippen molar-refractivity contribution in [2.45, 2.75) is 30.2 Å². The van der Waals surface area contributed by atoms with E-state index in [0.717, 1.165) is 30.8 Å². The number of benzene rings is 1. The van der Waals surface area contributed by atoms with Crippen LogP contribution in [0.5, 0.6) is 0 Å². The lowest BCUT2D eigenvalue weighted by Crippen LogP contribution is -2.46. The third-order valence-corrected chi connectivity index (χ3v) is 4.76. The van der Waals surface area contributed by atoms with Crippen LogP contribution in [0.1, 0.15) is 19.3 Å². The van der Waals surface area contributed by atoms with Crippen LogP contribution in [0.3, 0.4) is 0 Å². The minimum atomic E-state index is -0.315. The van der Waals surface area contributed by atoms with Gasteiger partial charge in [0.2, 0.25) is 11.8 Å². The van der Waals surface area contributed by atoms with E-state index in [2.05, 4.69) is 5.32 Å². The summed E-state index contributed by atoms with van der Waals surface area (Å²) in [4.78, 5) is 25.8. The SMILES string of the molecule is NC(=O)CN1CCC(NC(=O)CCSc2ccc(F)cc2)CC1. The zero-order valence-corrected chi connectivity index (χ0v) is 13.8. The topological polar surface area (TPSA) is 75.4 Å². The summed E-state index contributed by atoms with van der Waals surface area (Å²) in [7, 11) is 0. The predicted octanol–water partition coefficient (Wildman–Crippen LogP) is 1.37. The Kier molecular flexibility index (Phi) is 6.85. The zero-order chi connectivity index (χ0) is 16.7. The number of rotatable bonds is 7. The summed E-state index contributed by atoms with van der Waals surface area (Å²) in [6, 6.07) is 6.44. The zero-order valence-electron chi connectivity index (χ0n) is 13.0. The van der Waals surface area contributed by atoms with E-state index in [0.29, 0.717) is 12.2 Å². The van der Waals surface area contributed by atoms with Crippen molar-refractivity contribution in [1.82, 2.24) is 10.2 Å². The second-order valence-electron chi connectivity index (χ2n) is 5.64. The van der Waals surface area contributed by atoms with Crippen LogP contribution in [0, 0.1) is 5.82 Å². The van der Waals surface area contributed by atoms with Crippen LogP contribution in [-0.4, -0.2) is 48.1 Å². The second kappa shape index (κ2) is 8.88. The van der Waals surface area contributed by atoms with Gasteiger partial charge in [-0.1, -0.05) is 0 Å². The van der Waals surface area contributed by atoms with E-state index in [-0.39, 0.29) is 30.2 Å². The molecular weight excluding hydrogens is 317 g/mol. The maximum atomic E-state index is 12.8. The summed E-state index contributed by atoms with van der Waals surface area (Å²) < 4.78 is 12.8. The summed E-state index contributed by atoms with van der Waals surface area (Å²) in [5, 5.41) is 3.03. The van der Waals surface area contributed by atoms with Gasteiger partial charge in [-0.25, -0.2) is 4.39 Å². The van der Waals surface area contributed by atoms with Crippen LogP contribution in [0.2, 0.25) is 0 Å². The lowest BCUT2D eigenvalue weighted by molar-refractivity contribution is -0.122. The molecule has 1 saturated heterocycles. The third kappa shape index (κ3) is 6.58. The first-order valence-electron chi connectivity index (χ1n) is 7.71. The van der Waals surface area contributed by atoms with Crippen LogP contribution in [-0.2, 0) is 9.59 Å². The van der Waals surface area contributed by atoms with Gasteiger partial charge < -0.3 is 11.1 Å². The molecule has 1 aliphatic heterocycles. The van der Waals surface area contributed by atoms with Gasteiger partial charge in [0, 0.05) is 36.2 Å². The monoisotopic (exact) mass is 339 g/mol. The molecule has 1 aliphatic rings. The highest BCUT2D eigenvalue weighted by Crippen LogP contribution is 2.19. The molecule has 0 aliphatic carbocycles. The number of hydrogen-bond donors (Lipinski definition) is 2. The highest BCUT2D eigenvalue weighted by Gasteiger charge is 2.21. The van der Waals surface area contributed by atoms with Gasteiger partial charge in [0.05, 0.1) is 6.54 Å². The van der Waals surface area contributed by atoms with E-state index in [1.54, 1.807) is 12.1 Å². The molecule has 7 heteroatoms. The van der Waals surface area contributed by atoms with Crippen molar-refractivity contribution in [3.8, 4) is 0 Å². The second-order valence-corrected chi connectivity index (χ2v) is 6.80. The highest BCUT2D eigenvalue weighted by atomic mass is 32.2. The first-order valence-corrected chi connectivity index (χ1v) is 8.70. The molecule has 0 bridgehead atoms. The van der Waals surface area contributed by atoms with Gasteiger partial charge >= 0.3 is 0 Å². The van der Waals surface area contributed by atoms with Crippen molar-refractivity contribution in [3.05, 3.63) is 30.1 Å². The average Bonchev–Trinajstić information content (AvgIpc) is 2.51. The van der Waals surface area contributed by atoms with Gasteiger partial charge in [-0.2, -0.15) is 0 Å². The normalized spacial score (nSPS) is 16.2. The number of carbonyl (C=O) groups is 2. The standard InChI is InChI=1S/C16H22FN3O2S/c17-12-1-3-14(4-2-12)23-10-7-16(22)19-13-5-8-20(9-6-13)11-15(18)21/h1-4,13H,5-11H2,(H2,18,21)(H,19,22). The van der Waals surface area contributed by atoms with Crippen molar-refractivity contribution in [1.29, 1.82) is 0 Å². The van der Waals surface area contributed by atoms with Crippen LogP contribution >= 0.6 is 11.8 Å². The molecule has 0 saturated carbocycles. The maximum absolute atomic E-state index is 12.8. The Morgan fingerprint density at radius 2 is 1.91 bits per heavy atom. The summed E-state index contributed by atoms with van der Waals surface area (Å²) >= 11 is 1.54. The van der Waals surface area contributed by atoms with Crippen LogP contribution in [0.15, 0.2) is 29.2 Å². The van der Waals surface area contributed by atoms with E-state index in [1.807, 2.05) is 4.90 Å². The highest BCUT2D eigenvalue weighted by molar-refractivity contribution is 7.99. The number of primary amides is 1.